The van der Waals surface area contributed by atoms with Gasteiger partial charge in [0, 0.05) is 42.8 Å². The normalized spacial score (nSPS) is 14.4. The minimum Gasteiger partial charge on any atom is -0.268 e. The number of benzene rings is 16. The number of rotatable bonds is 6. The molecular formula is C92H62N2O4S2. The summed E-state index contributed by atoms with van der Waals surface area (Å²) in [6.45, 7) is 16.8. The summed E-state index contributed by atoms with van der Waals surface area (Å²) in [6.07, 6.45) is 9.12. The molecule has 2 aliphatic heterocycles. The lowest BCUT2D eigenvalue weighted by molar-refractivity contribution is 0.0877. The van der Waals surface area contributed by atoms with Crippen molar-refractivity contribution >= 4 is 192 Å². The maximum absolute atomic E-state index is 15.1. The molecule has 21 rings (SSSR count). The quantitative estimate of drug-likeness (QED) is 0.0753. The van der Waals surface area contributed by atoms with Gasteiger partial charge in [-0.2, -0.15) is 0 Å². The smallest absolute Gasteiger partial charge is 0.266 e. The second kappa shape index (κ2) is 19.9. The summed E-state index contributed by atoms with van der Waals surface area (Å²) < 4.78 is 0. The number of carbonyl (C=O) groups is 4. The summed E-state index contributed by atoms with van der Waals surface area (Å²) in [5.74, 6) is -0.941. The van der Waals surface area contributed by atoms with Gasteiger partial charge < -0.3 is 0 Å². The van der Waals surface area contributed by atoms with E-state index >= 15 is 19.2 Å². The lowest BCUT2D eigenvalue weighted by Gasteiger charge is -2.33. The lowest BCUT2D eigenvalue weighted by atomic mass is 9.83. The molecule has 0 bridgehead atoms. The number of nitrogens with zero attached hydrogens (tertiary/aromatic N) is 2. The fraction of sp³-hybridized carbons (Fsp3) is 0.130. The van der Waals surface area contributed by atoms with Crippen molar-refractivity contribution in [2.24, 2.45) is 0 Å². The number of amides is 4. The highest BCUT2D eigenvalue weighted by molar-refractivity contribution is 7.80. The first kappa shape index (κ1) is 58.1. The number of anilines is 2. The van der Waals surface area contributed by atoms with E-state index in [4.69, 9.17) is 25.3 Å². The zero-order chi connectivity index (χ0) is 67.8. The third-order valence-electron chi connectivity index (χ3n) is 23.2. The van der Waals surface area contributed by atoms with Gasteiger partial charge >= 0.3 is 0 Å². The van der Waals surface area contributed by atoms with Gasteiger partial charge in [0.25, 0.3) is 23.6 Å². The van der Waals surface area contributed by atoms with Crippen molar-refractivity contribution in [3.8, 4) is 44.5 Å². The van der Waals surface area contributed by atoms with E-state index in [-0.39, 0.29) is 47.3 Å². The van der Waals surface area contributed by atoms with Crippen molar-refractivity contribution in [2.75, 3.05) is 9.80 Å². The summed E-state index contributed by atoms with van der Waals surface area (Å²) in [4.78, 5) is 64.7. The summed E-state index contributed by atoms with van der Waals surface area (Å²) in [5.41, 5.74) is 21.6. The van der Waals surface area contributed by atoms with Gasteiger partial charge in [-0.05, 0) is 307 Å². The number of fused-ring (bicyclic) bond motifs is 14. The van der Waals surface area contributed by atoms with Crippen LogP contribution in [0.3, 0.4) is 0 Å². The van der Waals surface area contributed by atoms with Gasteiger partial charge in [0.2, 0.25) is 0 Å². The average Bonchev–Trinajstić information content (AvgIpc) is 1.19. The Morgan fingerprint density at radius 2 is 0.440 bits per heavy atom. The van der Waals surface area contributed by atoms with Crippen molar-refractivity contribution in [3.63, 3.8) is 0 Å². The van der Waals surface area contributed by atoms with Crippen molar-refractivity contribution < 1.29 is 19.2 Å². The Hall–Kier alpha value is -10.9. The third kappa shape index (κ3) is 7.41. The standard InChI is InChI=1S/C92H62N2O4S2/c1-41(2)71-37-53(99)38-72(42(3)4)87(71)93-89(95)67-25-21-59-55-13-17-63-75-33-49-29-45-9-11-47-31-51-35-77-65-19-15-57-61-23-27-69-86-70(92(98)94(91(69)97)88-73(43(5)6)39-54(100)40-74(88)44(7)8)28-24-62(82(61)86)58-16-20-66(84(65)80(57)58)78(77)36-52(51)32-48(47)12-10-46(45)30-50(49)34-76(75)64-18-14-56(79(55)83(63)64)60-22-26-68(90(93)96)85(67)81(59)60/h9-44,99-100H,1-8H3. The number of imide groups is 2. The van der Waals surface area contributed by atoms with Gasteiger partial charge in [-0.15, -0.1) is 25.3 Å². The Morgan fingerprint density at radius 1 is 0.240 bits per heavy atom. The van der Waals surface area contributed by atoms with E-state index in [1.807, 2.05) is 48.5 Å². The fourth-order valence-corrected chi connectivity index (χ4v) is 19.2. The van der Waals surface area contributed by atoms with Crippen LogP contribution in [0.1, 0.15) is 165 Å². The summed E-state index contributed by atoms with van der Waals surface area (Å²) in [6, 6.07) is 61.4. The molecule has 0 saturated heterocycles. The van der Waals surface area contributed by atoms with Gasteiger partial charge in [-0.3, -0.25) is 19.2 Å². The SMILES string of the molecule is CC(C)c1cc(S)cc(C(C)C)c1N1C(=O)c2ccc3c4ccc5c6c(ccc(c7ccc(c2c37)C1=O)c64)-c1cc2cc3c(cc2cc1-5)C=Cc1cc2cc4c(cc2cc1C=C3)-c1ccc2c3ccc5c6c(ccc(c7ccc-4c1c72)c63)C(=O)N(c1c(C(C)C)cc(S)cc1C(C)C)C5=O. The van der Waals surface area contributed by atoms with Crippen molar-refractivity contribution in [1.82, 2.24) is 0 Å². The lowest BCUT2D eigenvalue weighted by Crippen LogP contribution is -2.41. The van der Waals surface area contributed by atoms with Crippen LogP contribution >= 0.6 is 25.3 Å². The maximum atomic E-state index is 15.1. The van der Waals surface area contributed by atoms with E-state index in [0.717, 1.165) is 119 Å². The largest absolute Gasteiger partial charge is 0.268 e. The maximum Gasteiger partial charge on any atom is 0.266 e. The van der Waals surface area contributed by atoms with Crippen LogP contribution < -0.4 is 9.80 Å². The Balaban J connectivity index is 0.631. The topological polar surface area (TPSA) is 74.8 Å². The van der Waals surface area contributed by atoms with Crippen LogP contribution in [0, 0.1) is 0 Å². The van der Waals surface area contributed by atoms with E-state index in [9.17, 15) is 0 Å². The highest BCUT2D eigenvalue weighted by atomic mass is 32.1. The van der Waals surface area contributed by atoms with Crippen LogP contribution in [0.15, 0.2) is 180 Å². The van der Waals surface area contributed by atoms with Crippen molar-refractivity contribution in [3.05, 3.63) is 237 Å². The van der Waals surface area contributed by atoms with Crippen LogP contribution in [0.25, 0.3) is 177 Å². The zero-order valence-electron chi connectivity index (χ0n) is 56.2. The monoisotopic (exact) mass is 1320 g/mol. The van der Waals surface area contributed by atoms with E-state index in [1.165, 1.54) is 97.4 Å². The molecule has 0 radical (unpaired) electrons. The fourth-order valence-electron chi connectivity index (χ4n) is 18.7. The molecule has 0 N–H and O–H groups in total. The molecule has 0 spiro atoms. The molecule has 4 amide bonds. The Kier molecular flexibility index (Phi) is 11.6. The Morgan fingerprint density at radius 3 is 0.650 bits per heavy atom. The highest BCUT2D eigenvalue weighted by Gasteiger charge is 2.41. The molecule has 100 heavy (non-hydrogen) atoms. The molecule has 0 saturated carbocycles. The van der Waals surface area contributed by atoms with Gasteiger partial charge in [-0.25, -0.2) is 9.80 Å². The van der Waals surface area contributed by atoms with Crippen molar-refractivity contribution in [2.45, 2.75) is 88.9 Å². The molecular weight excluding hydrogens is 1260 g/mol. The van der Waals surface area contributed by atoms with Crippen LogP contribution in [0.2, 0.25) is 0 Å². The minimum absolute atomic E-state index is 0.0581. The third-order valence-corrected chi connectivity index (χ3v) is 23.7. The average molecular weight is 1320 g/mol. The molecule has 0 atom stereocenters. The Bertz CT molecular complexity index is 6000. The zero-order valence-corrected chi connectivity index (χ0v) is 58.0. The van der Waals surface area contributed by atoms with Gasteiger partial charge in [0.15, 0.2) is 0 Å². The number of carbonyl (C=O) groups excluding carboxylic acids is 4. The first-order valence-corrected chi connectivity index (χ1v) is 35.8. The first-order valence-electron chi connectivity index (χ1n) is 34.9. The summed E-state index contributed by atoms with van der Waals surface area (Å²) in [5, 5.41) is 21.6. The van der Waals surface area contributed by atoms with E-state index in [2.05, 4.69) is 201 Å². The van der Waals surface area contributed by atoms with Crippen LogP contribution in [0.4, 0.5) is 11.4 Å². The molecule has 5 aliphatic rings. The van der Waals surface area contributed by atoms with E-state index < -0.39 is 0 Å². The predicted octanol–water partition coefficient (Wildman–Crippen LogP) is 24.7. The molecule has 0 fully saturated rings. The highest BCUT2D eigenvalue weighted by Crippen LogP contribution is 2.57. The second-order valence-corrected chi connectivity index (χ2v) is 30.9. The minimum atomic E-state index is -0.293. The van der Waals surface area contributed by atoms with Gasteiger partial charge in [0.1, 0.15) is 0 Å². The summed E-state index contributed by atoms with van der Waals surface area (Å²) in [7, 11) is 0. The predicted molar refractivity (Wildman–Crippen MR) is 423 cm³/mol. The molecule has 0 unspecified atom stereocenters. The number of hydrogen-bond acceptors (Lipinski definition) is 6. The molecule has 6 nitrogen and oxygen atoms in total. The molecule has 476 valence electrons. The van der Waals surface area contributed by atoms with Crippen LogP contribution in [-0.2, 0) is 0 Å². The van der Waals surface area contributed by atoms with Gasteiger partial charge in [-0.1, -0.05) is 152 Å². The summed E-state index contributed by atoms with van der Waals surface area (Å²) >= 11 is 9.53. The second-order valence-electron chi connectivity index (χ2n) is 29.9. The number of thiol groups is 2. The Labute approximate surface area is 587 Å². The van der Waals surface area contributed by atoms with E-state index in [1.54, 1.807) is 0 Å². The molecule has 2 heterocycles. The van der Waals surface area contributed by atoms with Crippen molar-refractivity contribution in [1.29, 1.82) is 0 Å². The molecule has 0 aromatic heterocycles. The van der Waals surface area contributed by atoms with E-state index in [0.29, 0.717) is 33.6 Å². The molecule has 16 aromatic carbocycles. The molecule has 3 aliphatic carbocycles. The first-order chi connectivity index (χ1) is 48.4. The number of hydrogen-bond donors (Lipinski definition) is 2. The van der Waals surface area contributed by atoms with Crippen LogP contribution in [-0.4, -0.2) is 23.6 Å². The molecule has 8 heteroatoms. The van der Waals surface area contributed by atoms with Crippen LogP contribution in [0.5, 0.6) is 0 Å². The molecule has 16 aromatic rings. The van der Waals surface area contributed by atoms with Gasteiger partial charge in [0.05, 0.1) is 11.4 Å².